The maximum absolute atomic E-state index is 11.8. The number of hydrogen-bond acceptors (Lipinski definition) is 5. The summed E-state index contributed by atoms with van der Waals surface area (Å²) in [5.41, 5.74) is -0.170. The lowest BCUT2D eigenvalue weighted by Crippen LogP contribution is -2.25. The van der Waals surface area contributed by atoms with E-state index < -0.39 is 0 Å². The summed E-state index contributed by atoms with van der Waals surface area (Å²) in [6, 6.07) is 0. The number of nitrogens with zero attached hydrogens (tertiary/aromatic N) is 4. The molecule has 8 nitrogen and oxygen atoms in total. The minimum Gasteiger partial charge on any atom is -0.342 e. The van der Waals surface area contributed by atoms with Gasteiger partial charge < -0.3 is 5.32 Å². The molecule has 0 radical (unpaired) electrons. The summed E-state index contributed by atoms with van der Waals surface area (Å²) in [6.07, 6.45) is 1.38. The highest BCUT2D eigenvalue weighted by atomic mass is 16.2. The van der Waals surface area contributed by atoms with Gasteiger partial charge in [0.25, 0.3) is 5.91 Å². The molecular weight excluding hydrogens is 234 g/mol. The topological polar surface area (TPSA) is 112 Å². The van der Waals surface area contributed by atoms with Crippen molar-refractivity contribution in [2.45, 2.75) is 32.7 Å². The molecule has 18 heavy (non-hydrogen) atoms. The Labute approximate surface area is 104 Å². The highest BCUT2D eigenvalue weighted by Gasteiger charge is 2.21. The van der Waals surface area contributed by atoms with E-state index in [1.54, 1.807) is 0 Å². The van der Waals surface area contributed by atoms with Gasteiger partial charge in [0.15, 0.2) is 0 Å². The number of rotatable bonds is 3. The van der Waals surface area contributed by atoms with Crippen LogP contribution in [0.3, 0.4) is 0 Å². The number of carbonyl (C=O) groups is 1. The Morgan fingerprint density at radius 3 is 2.72 bits per heavy atom. The molecule has 3 N–H and O–H groups in total. The van der Waals surface area contributed by atoms with Crippen molar-refractivity contribution in [3.8, 4) is 0 Å². The van der Waals surface area contributed by atoms with E-state index in [-0.39, 0.29) is 23.7 Å². The molecule has 0 spiro atoms. The zero-order chi connectivity index (χ0) is 13.2. The van der Waals surface area contributed by atoms with E-state index in [2.05, 4.69) is 35.7 Å². The number of H-pyrrole nitrogens is 2. The third-order valence-electron chi connectivity index (χ3n) is 2.28. The summed E-state index contributed by atoms with van der Waals surface area (Å²) >= 11 is 0. The minimum atomic E-state index is -0.349. The fourth-order valence-corrected chi connectivity index (χ4v) is 1.26. The quantitative estimate of drug-likeness (QED) is 0.716. The van der Waals surface area contributed by atoms with E-state index in [1.165, 1.54) is 6.33 Å². The second-order valence-electron chi connectivity index (χ2n) is 4.87. The fraction of sp³-hybridized carbons (Fsp3) is 0.500. The van der Waals surface area contributed by atoms with Crippen molar-refractivity contribution < 1.29 is 4.79 Å². The van der Waals surface area contributed by atoms with Crippen molar-refractivity contribution in [2.75, 3.05) is 0 Å². The summed E-state index contributed by atoms with van der Waals surface area (Å²) in [7, 11) is 0. The molecule has 96 valence electrons. The molecule has 0 unspecified atom stereocenters. The van der Waals surface area contributed by atoms with Crippen LogP contribution in [0.2, 0.25) is 0 Å². The van der Waals surface area contributed by atoms with Gasteiger partial charge in [-0.2, -0.15) is 5.10 Å². The van der Waals surface area contributed by atoms with Crippen molar-refractivity contribution in [3.05, 3.63) is 23.8 Å². The van der Waals surface area contributed by atoms with Gasteiger partial charge in [-0.25, -0.2) is 9.97 Å². The SMILES string of the molecule is CC(C)(C)c1nc(C(=O)NCc2ncn[nH]2)n[nH]1. The van der Waals surface area contributed by atoms with Crippen LogP contribution in [-0.2, 0) is 12.0 Å². The molecule has 0 atom stereocenters. The van der Waals surface area contributed by atoms with Crippen molar-refractivity contribution in [2.24, 2.45) is 0 Å². The van der Waals surface area contributed by atoms with E-state index in [0.29, 0.717) is 11.6 Å². The molecule has 1 amide bonds. The molecule has 0 aliphatic carbocycles. The Balaban J connectivity index is 1.99. The summed E-state index contributed by atoms with van der Waals surface area (Å²) in [5, 5.41) is 15.6. The first-order valence-corrected chi connectivity index (χ1v) is 5.52. The van der Waals surface area contributed by atoms with Gasteiger partial charge in [-0.3, -0.25) is 15.0 Å². The van der Waals surface area contributed by atoms with Crippen LogP contribution in [0.5, 0.6) is 0 Å². The summed E-state index contributed by atoms with van der Waals surface area (Å²) in [5.74, 6) is 1.03. The predicted octanol–water partition coefficient (Wildman–Crippen LogP) is 0.150. The van der Waals surface area contributed by atoms with Crippen molar-refractivity contribution in [1.29, 1.82) is 0 Å². The summed E-state index contributed by atoms with van der Waals surface area (Å²) < 4.78 is 0. The van der Waals surface area contributed by atoms with Gasteiger partial charge in [0.2, 0.25) is 5.82 Å². The molecule has 2 rings (SSSR count). The molecule has 0 fully saturated rings. The normalized spacial score (nSPS) is 11.5. The molecule has 0 bridgehead atoms. The van der Waals surface area contributed by atoms with E-state index in [9.17, 15) is 4.79 Å². The lowest BCUT2D eigenvalue weighted by Gasteiger charge is -2.12. The average molecular weight is 249 g/mol. The third-order valence-corrected chi connectivity index (χ3v) is 2.28. The number of nitrogens with one attached hydrogen (secondary N) is 3. The highest BCUT2D eigenvalue weighted by Crippen LogP contribution is 2.17. The van der Waals surface area contributed by atoms with Crippen LogP contribution in [0.15, 0.2) is 6.33 Å². The van der Waals surface area contributed by atoms with E-state index in [0.717, 1.165) is 0 Å². The highest BCUT2D eigenvalue weighted by molar-refractivity contribution is 5.90. The number of aromatic nitrogens is 6. The van der Waals surface area contributed by atoms with Crippen LogP contribution in [0.4, 0.5) is 0 Å². The maximum Gasteiger partial charge on any atom is 0.291 e. The van der Waals surface area contributed by atoms with Gasteiger partial charge >= 0.3 is 0 Å². The molecule has 0 saturated heterocycles. The zero-order valence-corrected chi connectivity index (χ0v) is 10.5. The Morgan fingerprint density at radius 1 is 1.39 bits per heavy atom. The van der Waals surface area contributed by atoms with Gasteiger partial charge in [-0.05, 0) is 0 Å². The number of aromatic amines is 2. The smallest absolute Gasteiger partial charge is 0.291 e. The van der Waals surface area contributed by atoms with Crippen molar-refractivity contribution >= 4 is 5.91 Å². The molecule has 2 aromatic rings. The van der Waals surface area contributed by atoms with Gasteiger partial charge in [0, 0.05) is 5.41 Å². The fourth-order valence-electron chi connectivity index (χ4n) is 1.26. The van der Waals surface area contributed by atoms with Crippen molar-refractivity contribution in [3.63, 3.8) is 0 Å². The molecule has 2 heterocycles. The van der Waals surface area contributed by atoms with Crippen LogP contribution in [0.25, 0.3) is 0 Å². The van der Waals surface area contributed by atoms with Crippen LogP contribution in [0, 0.1) is 0 Å². The van der Waals surface area contributed by atoms with E-state index in [4.69, 9.17) is 0 Å². The number of amides is 1. The molecule has 2 aromatic heterocycles. The minimum absolute atomic E-state index is 0.124. The van der Waals surface area contributed by atoms with Gasteiger partial charge in [-0.1, -0.05) is 20.8 Å². The van der Waals surface area contributed by atoms with Crippen LogP contribution >= 0.6 is 0 Å². The molecule has 0 aliphatic rings. The van der Waals surface area contributed by atoms with Crippen LogP contribution < -0.4 is 5.32 Å². The van der Waals surface area contributed by atoms with Gasteiger partial charge in [0.1, 0.15) is 18.0 Å². The Kier molecular flexibility index (Phi) is 3.09. The molecule has 0 saturated carbocycles. The van der Waals surface area contributed by atoms with Gasteiger partial charge in [-0.15, -0.1) is 5.10 Å². The number of hydrogen-bond donors (Lipinski definition) is 3. The first-order valence-electron chi connectivity index (χ1n) is 5.52. The zero-order valence-electron chi connectivity index (χ0n) is 10.5. The maximum atomic E-state index is 11.8. The Bertz CT molecular complexity index is 523. The molecule has 0 aromatic carbocycles. The lowest BCUT2D eigenvalue weighted by molar-refractivity contribution is 0.0940. The average Bonchev–Trinajstić information content (AvgIpc) is 2.96. The van der Waals surface area contributed by atoms with E-state index in [1.807, 2.05) is 20.8 Å². The second kappa shape index (κ2) is 4.55. The predicted molar refractivity (Wildman–Crippen MR) is 62.6 cm³/mol. The van der Waals surface area contributed by atoms with E-state index >= 15 is 0 Å². The van der Waals surface area contributed by atoms with Crippen molar-refractivity contribution in [1.82, 2.24) is 35.7 Å². The standard InChI is InChI=1S/C10H15N7O/c1-10(2,3)9-14-7(16-17-9)8(18)11-4-6-12-5-13-15-6/h5H,4H2,1-3H3,(H,11,18)(H,12,13,15)(H,14,16,17). The monoisotopic (exact) mass is 249 g/mol. The Morgan fingerprint density at radius 2 is 2.17 bits per heavy atom. The second-order valence-corrected chi connectivity index (χ2v) is 4.87. The molecule has 0 aliphatic heterocycles. The Hall–Kier alpha value is -2.25. The van der Waals surface area contributed by atoms with Crippen LogP contribution in [-0.4, -0.2) is 36.3 Å². The first kappa shape index (κ1) is 12.2. The summed E-state index contributed by atoms with van der Waals surface area (Å²) in [6.45, 7) is 6.23. The lowest BCUT2D eigenvalue weighted by atomic mass is 9.96. The molecular formula is C10H15N7O. The third kappa shape index (κ3) is 2.70. The van der Waals surface area contributed by atoms with Gasteiger partial charge in [0.05, 0.1) is 6.54 Å². The summed E-state index contributed by atoms with van der Waals surface area (Å²) in [4.78, 5) is 19.8. The largest absolute Gasteiger partial charge is 0.342 e. The van der Waals surface area contributed by atoms with Crippen LogP contribution in [0.1, 0.15) is 43.0 Å². The first-order chi connectivity index (χ1) is 8.47. The molecule has 8 heteroatoms. The number of carbonyl (C=O) groups excluding carboxylic acids is 1.